The largest absolute Gasteiger partial charge is 0.504 e. The zero-order valence-electron chi connectivity index (χ0n) is 16.0. The molecule has 6 nitrogen and oxygen atoms in total. The molecular formula is C22H18BrNO5. The second-order valence-electron chi connectivity index (χ2n) is 6.80. The van der Waals surface area contributed by atoms with Crippen molar-refractivity contribution in [2.45, 2.75) is 12.8 Å². The number of hydrogen-bond acceptors (Lipinski definition) is 6. The summed E-state index contributed by atoms with van der Waals surface area (Å²) in [5.74, 6) is -1.18. The summed E-state index contributed by atoms with van der Waals surface area (Å²) in [6.45, 7) is 1.78. The molecule has 1 atom stereocenters. The number of fused-ring (bicyclic) bond motifs is 2. The van der Waals surface area contributed by atoms with Crippen molar-refractivity contribution >= 4 is 33.4 Å². The number of Topliss-reactive ketones (excluding diaryl/α,β-unsaturated/α-hetero) is 1. The number of benzene rings is 2. The number of dihydropyridines is 1. The van der Waals surface area contributed by atoms with Gasteiger partial charge in [-0.25, -0.2) is 4.79 Å². The molecule has 1 aliphatic heterocycles. The molecule has 0 unspecified atom stereocenters. The van der Waals surface area contributed by atoms with Gasteiger partial charge in [-0.05, 0) is 24.6 Å². The highest BCUT2D eigenvalue weighted by molar-refractivity contribution is 9.10. The number of phenols is 1. The van der Waals surface area contributed by atoms with Gasteiger partial charge in [-0.3, -0.25) is 4.79 Å². The molecule has 0 fully saturated rings. The van der Waals surface area contributed by atoms with Crippen molar-refractivity contribution in [3.05, 3.63) is 74.4 Å². The number of nitrogens with one attached hydrogen (secondary N) is 1. The first-order valence-electron chi connectivity index (χ1n) is 8.89. The van der Waals surface area contributed by atoms with Crippen LogP contribution in [0.15, 0.2) is 57.7 Å². The summed E-state index contributed by atoms with van der Waals surface area (Å²) < 4.78 is 10.8. The fourth-order valence-corrected chi connectivity index (χ4v) is 4.52. The van der Waals surface area contributed by atoms with Crippen LogP contribution >= 0.6 is 15.9 Å². The number of hydrogen-bond donors (Lipinski definition) is 2. The lowest BCUT2D eigenvalue weighted by molar-refractivity contribution is -0.136. The number of carbonyl (C=O) groups excluding carboxylic acids is 2. The van der Waals surface area contributed by atoms with Crippen LogP contribution < -0.4 is 10.1 Å². The topological polar surface area (TPSA) is 84.9 Å². The molecule has 2 N–H and O–H groups in total. The minimum absolute atomic E-state index is 0.0485. The lowest BCUT2D eigenvalue weighted by Gasteiger charge is -2.29. The molecule has 29 heavy (non-hydrogen) atoms. The third kappa shape index (κ3) is 2.84. The van der Waals surface area contributed by atoms with Crippen LogP contribution in [0.1, 0.15) is 34.3 Å². The number of esters is 1. The van der Waals surface area contributed by atoms with Crippen molar-refractivity contribution in [2.24, 2.45) is 0 Å². The number of carbonyl (C=O) groups is 2. The van der Waals surface area contributed by atoms with E-state index in [0.717, 1.165) is 5.56 Å². The van der Waals surface area contributed by atoms with Crippen LogP contribution in [-0.2, 0) is 9.53 Å². The fraction of sp³-hybridized carbons (Fsp3) is 0.182. The molecule has 0 spiro atoms. The Hall–Kier alpha value is -3.06. The monoisotopic (exact) mass is 455 g/mol. The van der Waals surface area contributed by atoms with Crippen LogP contribution in [0.2, 0.25) is 0 Å². The van der Waals surface area contributed by atoms with Crippen molar-refractivity contribution in [2.75, 3.05) is 14.2 Å². The smallest absolute Gasteiger partial charge is 0.336 e. The van der Waals surface area contributed by atoms with E-state index in [1.54, 1.807) is 19.1 Å². The summed E-state index contributed by atoms with van der Waals surface area (Å²) in [5.41, 5.74) is 4.07. The Morgan fingerprint density at radius 2 is 1.86 bits per heavy atom. The van der Waals surface area contributed by atoms with Crippen LogP contribution in [0.3, 0.4) is 0 Å². The summed E-state index contributed by atoms with van der Waals surface area (Å²) in [7, 11) is 2.75. The van der Waals surface area contributed by atoms with E-state index in [-0.39, 0.29) is 17.3 Å². The second kappa shape index (κ2) is 7.08. The molecule has 2 aromatic carbocycles. The molecule has 1 aliphatic carbocycles. The summed E-state index contributed by atoms with van der Waals surface area (Å²) in [6.07, 6.45) is 0. The molecule has 7 heteroatoms. The Labute approximate surface area is 176 Å². The third-order valence-electron chi connectivity index (χ3n) is 5.26. The minimum Gasteiger partial charge on any atom is -0.504 e. The quantitative estimate of drug-likeness (QED) is 0.682. The molecule has 0 radical (unpaired) electrons. The van der Waals surface area contributed by atoms with Crippen LogP contribution in [0.5, 0.6) is 11.5 Å². The van der Waals surface area contributed by atoms with Gasteiger partial charge in [-0.15, -0.1) is 0 Å². The van der Waals surface area contributed by atoms with Gasteiger partial charge in [0.1, 0.15) is 0 Å². The van der Waals surface area contributed by atoms with Crippen LogP contribution in [-0.4, -0.2) is 31.1 Å². The molecular weight excluding hydrogens is 438 g/mol. The van der Waals surface area contributed by atoms with Crippen molar-refractivity contribution in [1.29, 1.82) is 0 Å². The van der Waals surface area contributed by atoms with Crippen molar-refractivity contribution in [3.8, 4) is 11.5 Å². The first-order valence-corrected chi connectivity index (χ1v) is 9.69. The lowest BCUT2D eigenvalue weighted by atomic mass is 9.79. The van der Waals surface area contributed by atoms with Gasteiger partial charge in [0, 0.05) is 26.9 Å². The molecule has 4 rings (SSSR count). The minimum atomic E-state index is -0.692. The molecule has 2 aromatic rings. The highest BCUT2D eigenvalue weighted by Crippen LogP contribution is 2.49. The second-order valence-corrected chi connectivity index (χ2v) is 7.65. The van der Waals surface area contributed by atoms with Gasteiger partial charge >= 0.3 is 5.97 Å². The molecule has 0 aromatic heterocycles. The summed E-state index contributed by atoms with van der Waals surface area (Å²) >= 11 is 3.47. The van der Waals surface area contributed by atoms with Crippen molar-refractivity contribution in [3.63, 3.8) is 0 Å². The Morgan fingerprint density at radius 3 is 2.52 bits per heavy atom. The van der Waals surface area contributed by atoms with Gasteiger partial charge in [0.25, 0.3) is 0 Å². The van der Waals surface area contributed by atoms with Crippen LogP contribution in [0, 0.1) is 0 Å². The van der Waals surface area contributed by atoms with E-state index < -0.39 is 11.9 Å². The number of ether oxygens (including phenoxy) is 2. The summed E-state index contributed by atoms with van der Waals surface area (Å²) in [4.78, 5) is 26.1. The van der Waals surface area contributed by atoms with Gasteiger partial charge in [0.05, 0.1) is 31.4 Å². The van der Waals surface area contributed by atoms with Crippen LogP contribution in [0.4, 0.5) is 0 Å². The van der Waals surface area contributed by atoms with Crippen molar-refractivity contribution in [1.82, 2.24) is 5.32 Å². The fourth-order valence-electron chi connectivity index (χ4n) is 3.96. The Balaban J connectivity index is 2.01. The first-order chi connectivity index (χ1) is 13.9. The zero-order chi connectivity index (χ0) is 20.9. The maximum absolute atomic E-state index is 13.3. The van der Waals surface area contributed by atoms with E-state index in [2.05, 4.69) is 21.2 Å². The number of ketones is 1. The van der Waals surface area contributed by atoms with Crippen molar-refractivity contribution < 1.29 is 24.2 Å². The SMILES string of the molecule is COC(=O)C1=C(C)NC2=C(C(=O)c3ccccc32)[C@H]1c1cc(OC)c(O)cc1Br. The summed E-state index contributed by atoms with van der Waals surface area (Å²) in [5, 5.41) is 13.3. The Bertz CT molecular complexity index is 1130. The Kier molecular flexibility index (Phi) is 4.70. The number of methoxy groups -OCH3 is 2. The van der Waals surface area contributed by atoms with E-state index in [1.807, 2.05) is 18.2 Å². The average molecular weight is 456 g/mol. The Morgan fingerprint density at radius 1 is 1.17 bits per heavy atom. The first kappa shape index (κ1) is 19.3. The maximum Gasteiger partial charge on any atom is 0.336 e. The number of allylic oxidation sites excluding steroid dienone is 2. The standard InChI is InChI=1S/C22H18BrNO5/c1-10-17(22(27)29-3)18(13-8-16(28-2)15(25)9-14(13)23)19-20(24-10)11-6-4-5-7-12(11)21(19)26/h4-9,18,24-25H,1-3H3/t18-/m0/s1. The molecule has 148 valence electrons. The molecule has 0 saturated carbocycles. The third-order valence-corrected chi connectivity index (χ3v) is 5.95. The maximum atomic E-state index is 13.3. The molecule has 0 amide bonds. The average Bonchev–Trinajstić information content (AvgIpc) is 2.99. The van der Waals surface area contributed by atoms with E-state index in [4.69, 9.17) is 9.47 Å². The van der Waals surface area contributed by atoms with Crippen LogP contribution in [0.25, 0.3) is 5.70 Å². The molecule has 0 bridgehead atoms. The number of aromatic hydroxyl groups is 1. The van der Waals surface area contributed by atoms with Gasteiger partial charge in [0.2, 0.25) is 0 Å². The summed E-state index contributed by atoms with van der Waals surface area (Å²) in [6, 6.07) is 10.5. The number of halogens is 1. The van der Waals surface area contributed by atoms with Gasteiger partial charge in [0.15, 0.2) is 17.3 Å². The van der Waals surface area contributed by atoms with Gasteiger partial charge in [-0.1, -0.05) is 40.2 Å². The predicted molar refractivity (Wildman–Crippen MR) is 111 cm³/mol. The highest BCUT2D eigenvalue weighted by Gasteiger charge is 2.43. The number of phenolic OH excluding ortho intramolecular Hbond substituents is 1. The van der Waals surface area contributed by atoms with E-state index in [0.29, 0.717) is 38.1 Å². The lowest BCUT2D eigenvalue weighted by Crippen LogP contribution is -2.29. The molecule has 0 saturated heterocycles. The number of rotatable bonds is 3. The van der Waals surface area contributed by atoms with E-state index >= 15 is 0 Å². The zero-order valence-corrected chi connectivity index (χ0v) is 17.6. The molecule has 1 heterocycles. The van der Waals surface area contributed by atoms with E-state index in [9.17, 15) is 14.7 Å². The van der Waals surface area contributed by atoms with Gasteiger partial charge in [-0.2, -0.15) is 0 Å². The predicted octanol–water partition coefficient (Wildman–Crippen LogP) is 3.90. The normalized spacial score (nSPS) is 17.7. The van der Waals surface area contributed by atoms with E-state index in [1.165, 1.54) is 20.3 Å². The van der Waals surface area contributed by atoms with Gasteiger partial charge < -0.3 is 19.9 Å². The highest BCUT2D eigenvalue weighted by atomic mass is 79.9. The molecule has 2 aliphatic rings.